The first-order valence-electron chi connectivity index (χ1n) is 4.38. The van der Waals surface area contributed by atoms with Crippen LogP contribution in [0.4, 0.5) is 0 Å². The third-order valence-corrected chi connectivity index (χ3v) is 1.63. The zero-order valence-corrected chi connectivity index (χ0v) is 8.33. The van der Waals surface area contributed by atoms with Gasteiger partial charge in [-0.1, -0.05) is 30.4 Å². The Labute approximate surface area is 79.9 Å². The Morgan fingerprint density at radius 3 is 2.38 bits per heavy atom. The van der Waals surface area contributed by atoms with E-state index in [2.05, 4.69) is 6.58 Å². The average molecular weight is 182 g/mol. The quantitative estimate of drug-likeness (QED) is 0.637. The Balaban J connectivity index is 4.40. The topological polar surface area (TPSA) is 40.5 Å². The van der Waals surface area contributed by atoms with E-state index in [-0.39, 0.29) is 6.61 Å². The smallest absolute Gasteiger partial charge is 0.0811 e. The average Bonchev–Trinajstić information content (AvgIpc) is 2.05. The third kappa shape index (κ3) is 5.39. The molecule has 2 nitrogen and oxygen atoms in total. The summed E-state index contributed by atoms with van der Waals surface area (Å²) < 4.78 is 0. The Bertz CT molecular complexity index is 210. The molecule has 0 spiro atoms. The second-order valence-electron chi connectivity index (χ2n) is 3.14. The van der Waals surface area contributed by atoms with Gasteiger partial charge in [-0.25, -0.2) is 0 Å². The highest BCUT2D eigenvalue weighted by molar-refractivity contribution is 5.26. The van der Waals surface area contributed by atoms with Crippen molar-refractivity contribution in [2.45, 2.75) is 26.4 Å². The molecule has 0 bridgehead atoms. The lowest BCUT2D eigenvalue weighted by Gasteiger charge is -2.08. The lowest BCUT2D eigenvalue weighted by atomic mass is 10.1. The fraction of sp³-hybridized carbons (Fsp3) is 0.455. The zero-order chi connectivity index (χ0) is 10.3. The van der Waals surface area contributed by atoms with E-state index in [1.165, 1.54) is 0 Å². The van der Waals surface area contributed by atoms with Crippen LogP contribution in [0.1, 0.15) is 20.3 Å². The summed E-state index contributed by atoms with van der Waals surface area (Å²) in [5, 5.41) is 18.1. The van der Waals surface area contributed by atoms with E-state index in [1.54, 1.807) is 6.08 Å². The van der Waals surface area contributed by atoms with Gasteiger partial charge in [-0.3, -0.25) is 0 Å². The molecule has 0 aromatic carbocycles. The number of allylic oxidation sites excluding steroid dienone is 3. The predicted molar refractivity (Wildman–Crippen MR) is 55.4 cm³/mol. The van der Waals surface area contributed by atoms with Crippen LogP contribution in [-0.4, -0.2) is 22.9 Å². The highest BCUT2D eigenvalue weighted by atomic mass is 16.3. The summed E-state index contributed by atoms with van der Waals surface area (Å²) in [7, 11) is 0. The summed E-state index contributed by atoms with van der Waals surface area (Å²) in [5.41, 5.74) is 1.91. The van der Waals surface area contributed by atoms with Gasteiger partial charge in [0.15, 0.2) is 0 Å². The van der Waals surface area contributed by atoms with Crippen LogP contribution in [0.15, 0.2) is 36.0 Å². The van der Waals surface area contributed by atoms with Crippen molar-refractivity contribution in [2.75, 3.05) is 6.61 Å². The molecule has 2 N–H and O–H groups in total. The first-order chi connectivity index (χ1) is 6.11. The van der Waals surface area contributed by atoms with E-state index in [1.807, 2.05) is 26.0 Å². The monoisotopic (exact) mass is 182 g/mol. The van der Waals surface area contributed by atoms with Crippen molar-refractivity contribution in [1.29, 1.82) is 0 Å². The summed E-state index contributed by atoms with van der Waals surface area (Å²) in [4.78, 5) is 0. The highest BCUT2D eigenvalue weighted by Crippen LogP contribution is 2.08. The molecule has 0 aliphatic rings. The Hall–Kier alpha value is -0.860. The van der Waals surface area contributed by atoms with Gasteiger partial charge in [0.05, 0.1) is 6.10 Å². The number of aliphatic hydroxyl groups excluding tert-OH is 2. The lowest BCUT2D eigenvalue weighted by Crippen LogP contribution is -2.10. The lowest BCUT2D eigenvalue weighted by molar-refractivity contribution is 0.164. The molecule has 0 heterocycles. The molecule has 0 aromatic heterocycles. The minimum Gasteiger partial charge on any atom is -0.396 e. The van der Waals surface area contributed by atoms with Crippen LogP contribution in [0.3, 0.4) is 0 Å². The minimum absolute atomic E-state index is 0.0127. The molecule has 2 heteroatoms. The van der Waals surface area contributed by atoms with Crippen LogP contribution in [0.2, 0.25) is 0 Å². The molecular formula is C11H18O2. The fourth-order valence-electron chi connectivity index (χ4n) is 0.867. The first kappa shape index (κ1) is 12.1. The van der Waals surface area contributed by atoms with Gasteiger partial charge >= 0.3 is 0 Å². The number of hydrogen-bond donors (Lipinski definition) is 2. The number of hydrogen-bond acceptors (Lipinski definition) is 2. The minimum atomic E-state index is -0.613. The molecule has 0 aliphatic carbocycles. The van der Waals surface area contributed by atoms with Gasteiger partial charge in [0.2, 0.25) is 0 Å². The van der Waals surface area contributed by atoms with E-state index in [0.29, 0.717) is 6.42 Å². The van der Waals surface area contributed by atoms with E-state index >= 15 is 0 Å². The van der Waals surface area contributed by atoms with Crippen molar-refractivity contribution in [3.05, 3.63) is 36.0 Å². The highest BCUT2D eigenvalue weighted by Gasteiger charge is 2.05. The molecule has 0 rings (SSSR count). The Morgan fingerprint density at radius 1 is 1.38 bits per heavy atom. The van der Waals surface area contributed by atoms with Crippen molar-refractivity contribution in [3.63, 3.8) is 0 Å². The van der Waals surface area contributed by atoms with Gasteiger partial charge in [-0.15, -0.1) is 0 Å². The van der Waals surface area contributed by atoms with Crippen LogP contribution in [0, 0.1) is 0 Å². The van der Waals surface area contributed by atoms with Gasteiger partial charge in [0, 0.05) is 13.0 Å². The molecule has 0 saturated carbocycles. The molecule has 13 heavy (non-hydrogen) atoms. The molecule has 1 atom stereocenters. The largest absolute Gasteiger partial charge is 0.396 e. The van der Waals surface area contributed by atoms with Gasteiger partial charge in [0.1, 0.15) is 0 Å². The van der Waals surface area contributed by atoms with E-state index < -0.39 is 6.10 Å². The summed E-state index contributed by atoms with van der Waals surface area (Å²) >= 11 is 0. The third-order valence-electron chi connectivity index (χ3n) is 1.63. The standard InChI is InChI=1S/C11H18O2/c1-4-10(6-5-9(2)3)11(13)7-8-12/h4-6,11-13H,1,7-8H2,2-3H3/b10-6+. The van der Waals surface area contributed by atoms with Gasteiger partial charge in [-0.05, 0) is 19.4 Å². The molecule has 0 amide bonds. The second-order valence-corrected chi connectivity index (χ2v) is 3.14. The van der Waals surface area contributed by atoms with Gasteiger partial charge in [0.25, 0.3) is 0 Å². The summed E-state index contributed by atoms with van der Waals surface area (Å²) in [6, 6.07) is 0. The summed E-state index contributed by atoms with van der Waals surface area (Å²) in [6.45, 7) is 7.55. The number of aliphatic hydroxyl groups is 2. The Kier molecular flexibility index (Phi) is 6.20. The Morgan fingerprint density at radius 2 is 2.00 bits per heavy atom. The van der Waals surface area contributed by atoms with Crippen molar-refractivity contribution < 1.29 is 10.2 Å². The zero-order valence-electron chi connectivity index (χ0n) is 8.33. The predicted octanol–water partition coefficient (Wildman–Crippen LogP) is 1.81. The summed E-state index contributed by atoms with van der Waals surface area (Å²) in [5.74, 6) is 0. The van der Waals surface area contributed by atoms with Crippen molar-refractivity contribution in [2.24, 2.45) is 0 Å². The second kappa shape index (κ2) is 6.63. The molecule has 0 radical (unpaired) electrons. The van der Waals surface area contributed by atoms with Crippen LogP contribution in [0.5, 0.6) is 0 Å². The SMILES string of the molecule is C=C/C(=C\C=C(C)C)C(O)CCO. The normalized spacial score (nSPS) is 13.7. The molecule has 0 aliphatic heterocycles. The number of rotatable bonds is 5. The fourth-order valence-corrected chi connectivity index (χ4v) is 0.867. The molecule has 74 valence electrons. The maximum absolute atomic E-state index is 9.49. The van der Waals surface area contributed by atoms with Crippen molar-refractivity contribution in [3.8, 4) is 0 Å². The van der Waals surface area contributed by atoms with Gasteiger partial charge < -0.3 is 10.2 Å². The van der Waals surface area contributed by atoms with Crippen LogP contribution in [-0.2, 0) is 0 Å². The van der Waals surface area contributed by atoms with Crippen LogP contribution < -0.4 is 0 Å². The van der Waals surface area contributed by atoms with E-state index in [0.717, 1.165) is 11.1 Å². The molecular weight excluding hydrogens is 164 g/mol. The van der Waals surface area contributed by atoms with Crippen molar-refractivity contribution >= 4 is 0 Å². The maximum atomic E-state index is 9.49. The van der Waals surface area contributed by atoms with E-state index in [4.69, 9.17) is 5.11 Å². The van der Waals surface area contributed by atoms with Crippen LogP contribution in [0.25, 0.3) is 0 Å². The summed E-state index contributed by atoms with van der Waals surface area (Å²) in [6.07, 6.45) is 5.09. The molecule has 0 fully saturated rings. The first-order valence-corrected chi connectivity index (χ1v) is 4.38. The van der Waals surface area contributed by atoms with Crippen LogP contribution >= 0.6 is 0 Å². The molecule has 0 aromatic rings. The van der Waals surface area contributed by atoms with E-state index in [9.17, 15) is 5.11 Å². The van der Waals surface area contributed by atoms with Crippen molar-refractivity contribution in [1.82, 2.24) is 0 Å². The van der Waals surface area contributed by atoms with Gasteiger partial charge in [-0.2, -0.15) is 0 Å². The maximum Gasteiger partial charge on any atom is 0.0811 e. The molecule has 1 unspecified atom stereocenters. The molecule has 0 saturated heterocycles.